The number of halogens is 2. The van der Waals surface area contributed by atoms with E-state index in [2.05, 4.69) is 3.07 Å². The van der Waals surface area contributed by atoms with Crippen molar-refractivity contribution in [3.05, 3.63) is 0 Å². The van der Waals surface area contributed by atoms with Gasteiger partial charge in [0, 0.05) is 0 Å². The Hall–Kier alpha value is 0.849. The van der Waals surface area contributed by atoms with E-state index in [4.69, 9.17) is 17.8 Å². The van der Waals surface area contributed by atoms with Crippen molar-refractivity contribution in [3.8, 4) is 0 Å². The molecule has 46 valence electrons. The van der Waals surface area contributed by atoms with Crippen LogP contribution in [-0.2, 0) is 7.87 Å². The minimum atomic E-state index is -3.16. The average molecular weight is 262 g/mol. The van der Waals surface area contributed by atoms with Crippen molar-refractivity contribution in [1.82, 2.24) is 0 Å². The maximum absolute atomic E-state index is 10.3. The van der Waals surface area contributed by atoms with Gasteiger partial charge >= 0.3 is 59.1 Å². The summed E-state index contributed by atoms with van der Waals surface area (Å²) >= 11 is -3.16. The van der Waals surface area contributed by atoms with Gasteiger partial charge in [-0.15, -0.1) is 0 Å². The van der Waals surface area contributed by atoms with Crippen LogP contribution in [-0.4, -0.2) is 22.5 Å². The number of hydrogen-bond acceptors (Lipinski definition) is 2. The van der Waals surface area contributed by atoms with Gasteiger partial charge in [-0.1, -0.05) is 0 Å². The average Bonchev–Trinajstić information content (AvgIpc) is 1.82. The predicted molar refractivity (Wildman–Crippen MR) is 33.0 cm³/mol. The van der Waals surface area contributed by atoms with Crippen LogP contribution in [0.4, 0.5) is 0 Å². The number of rotatable bonds is 0. The molecule has 0 aromatic carbocycles. The van der Waals surface area contributed by atoms with Crippen LogP contribution >= 0.6 is 17.8 Å². The van der Waals surface area contributed by atoms with Crippen LogP contribution in [0.25, 0.3) is 0 Å². The standard InChI is InChI=1S/C3H5O2.2ClH.Sn/c1-2-3(4)5;;;/h1-2H2,(H,4,5);2*1H;/q;;;+3/p-3. The normalized spacial score (nSPS) is 25.5. The SMILES string of the molecule is O=C1C[CH2][Sn]([Cl])([Cl])[O]1. The van der Waals surface area contributed by atoms with Gasteiger partial charge in [-0.2, -0.15) is 0 Å². The minimum absolute atomic E-state index is 0.231. The molecule has 0 unspecified atom stereocenters. The summed E-state index contributed by atoms with van der Waals surface area (Å²) in [5.41, 5.74) is 0. The van der Waals surface area contributed by atoms with Gasteiger partial charge in [0.1, 0.15) is 0 Å². The van der Waals surface area contributed by atoms with Crippen LogP contribution < -0.4 is 0 Å². The monoisotopic (exact) mass is 262 g/mol. The van der Waals surface area contributed by atoms with E-state index in [0.717, 1.165) is 0 Å². The molecule has 5 heteroatoms. The van der Waals surface area contributed by atoms with Gasteiger partial charge in [-0.05, 0) is 0 Å². The van der Waals surface area contributed by atoms with Crippen molar-refractivity contribution in [3.63, 3.8) is 0 Å². The summed E-state index contributed by atoms with van der Waals surface area (Å²) in [5, 5.41) is 0. The summed E-state index contributed by atoms with van der Waals surface area (Å²) in [6, 6.07) is 0. The first kappa shape index (κ1) is 6.96. The van der Waals surface area contributed by atoms with E-state index in [1.54, 1.807) is 0 Å². The van der Waals surface area contributed by atoms with Crippen LogP contribution in [0.2, 0.25) is 4.44 Å². The van der Waals surface area contributed by atoms with Crippen LogP contribution in [0, 0.1) is 0 Å². The van der Waals surface area contributed by atoms with E-state index in [1.165, 1.54) is 0 Å². The molecule has 0 amide bonds. The predicted octanol–water partition coefficient (Wildman–Crippen LogP) is 1.35. The van der Waals surface area contributed by atoms with Gasteiger partial charge in [-0.3, -0.25) is 0 Å². The zero-order chi connectivity index (χ0) is 6.20. The summed E-state index contributed by atoms with van der Waals surface area (Å²) in [6.45, 7) is 0. The zero-order valence-corrected chi connectivity index (χ0v) is 8.35. The van der Waals surface area contributed by atoms with E-state index in [-0.39, 0.29) is 5.97 Å². The van der Waals surface area contributed by atoms with Crippen LogP contribution in [0.5, 0.6) is 0 Å². The molecular formula is C3H4Cl2O2Sn. The quantitative estimate of drug-likeness (QED) is 0.616. The molecule has 1 aliphatic rings. The third-order valence-corrected chi connectivity index (χ3v) is 8.33. The Balaban J connectivity index is 2.56. The summed E-state index contributed by atoms with van der Waals surface area (Å²) in [7, 11) is 11.2. The summed E-state index contributed by atoms with van der Waals surface area (Å²) in [4.78, 5) is 10.3. The van der Waals surface area contributed by atoms with Gasteiger partial charge in [0.25, 0.3) is 0 Å². The summed E-state index contributed by atoms with van der Waals surface area (Å²) in [5.74, 6) is -0.231. The summed E-state index contributed by atoms with van der Waals surface area (Å²) < 4.78 is 5.26. The van der Waals surface area contributed by atoms with E-state index >= 15 is 0 Å². The molecule has 1 rings (SSSR count). The molecule has 0 aliphatic carbocycles. The third kappa shape index (κ3) is 1.67. The van der Waals surface area contributed by atoms with Crippen molar-refractivity contribution in [2.24, 2.45) is 0 Å². The molecule has 1 aliphatic heterocycles. The van der Waals surface area contributed by atoms with E-state index < -0.39 is 16.5 Å². The molecule has 0 N–H and O–H groups in total. The molecule has 0 atom stereocenters. The van der Waals surface area contributed by atoms with Crippen molar-refractivity contribution < 1.29 is 7.87 Å². The molecule has 0 spiro atoms. The third-order valence-electron chi connectivity index (χ3n) is 0.883. The maximum atomic E-state index is 10.3. The second kappa shape index (κ2) is 2.23. The fraction of sp³-hybridized carbons (Fsp3) is 0.667. The Kier molecular flexibility index (Phi) is 1.94. The molecular weight excluding hydrogens is 258 g/mol. The van der Waals surface area contributed by atoms with Gasteiger partial charge in [0.15, 0.2) is 0 Å². The van der Waals surface area contributed by atoms with Crippen LogP contribution in [0.1, 0.15) is 6.42 Å². The van der Waals surface area contributed by atoms with Gasteiger partial charge in [-0.25, -0.2) is 0 Å². The molecule has 0 bridgehead atoms. The van der Waals surface area contributed by atoms with Gasteiger partial charge < -0.3 is 0 Å². The first-order valence-electron chi connectivity index (χ1n) is 2.20. The van der Waals surface area contributed by atoms with Crippen molar-refractivity contribution in [1.29, 1.82) is 0 Å². The molecule has 1 fully saturated rings. The first-order chi connectivity index (χ1) is 3.60. The Bertz CT molecular complexity index is 124. The van der Waals surface area contributed by atoms with Gasteiger partial charge in [0.2, 0.25) is 0 Å². The molecule has 1 heterocycles. The number of carbonyl (C=O) groups excluding carboxylic acids is 1. The second-order valence-electron chi connectivity index (χ2n) is 1.61. The van der Waals surface area contributed by atoms with Crippen LogP contribution in [0.15, 0.2) is 0 Å². The molecule has 1 saturated heterocycles. The molecule has 0 saturated carbocycles. The zero-order valence-electron chi connectivity index (χ0n) is 3.99. The van der Waals surface area contributed by atoms with Crippen molar-refractivity contribution in [2.45, 2.75) is 10.9 Å². The Labute approximate surface area is 58.9 Å². The van der Waals surface area contributed by atoms with E-state index in [1.807, 2.05) is 0 Å². The molecule has 0 aromatic rings. The van der Waals surface area contributed by atoms with E-state index in [9.17, 15) is 4.79 Å². The number of hydrogen-bond donors (Lipinski definition) is 0. The Morgan fingerprint density at radius 2 is 2.25 bits per heavy atom. The molecule has 0 aromatic heterocycles. The molecule has 2 nitrogen and oxygen atoms in total. The van der Waals surface area contributed by atoms with Gasteiger partial charge in [0.05, 0.1) is 0 Å². The Morgan fingerprint density at radius 1 is 1.62 bits per heavy atom. The topological polar surface area (TPSA) is 26.3 Å². The fourth-order valence-electron chi connectivity index (χ4n) is 0.516. The van der Waals surface area contributed by atoms with Crippen LogP contribution in [0.3, 0.4) is 0 Å². The second-order valence-corrected chi connectivity index (χ2v) is 16.7. The summed E-state index contributed by atoms with van der Waals surface area (Å²) in [6.07, 6.45) is 0.420. The fourth-order valence-corrected chi connectivity index (χ4v) is 5.88. The van der Waals surface area contributed by atoms with E-state index in [0.29, 0.717) is 10.9 Å². The molecule has 8 heavy (non-hydrogen) atoms. The molecule has 0 radical (unpaired) electrons. The number of carbonyl (C=O) groups is 1. The van der Waals surface area contributed by atoms with Crippen molar-refractivity contribution >= 4 is 40.3 Å². The first-order valence-corrected chi connectivity index (χ1v) is 12.6. The van der Waals surface area contributed by atoms with Crippen molar-refractivity contribution in [2.75, 3.05) is 0 Å². The Morgan fingerprint density at radius 3 is 2.38 bits per heavy atom.